The highest BCUT2D eigenvalue weighted by molar-refractivity contribution is 6.14. The van der Waals surface area contributed by atoms with Gasteiger partial charge in [0.25, 0.3) is 0 Å². The Balaban J connectivity index is 1.28. The van der Waals surface area contributed by atoms with E-state index in [0.717, 1.165) is 77.1 Å². The maximum Gasteiger partial charge on any atom is 0.235 e. The van der Waals surface area contributed by atoms with E-state index in [9.17, 15) is 0 Å². The van der Waals surface area contributed by atoms with Gasteiger partial charge in [-0.15, -0.1) is 0 Å². The molecular formula is C44H27N5. The molecule has 0 saturated carbocycles. The number of para-hydroxylation sites is 2. The van der Waals surface area contributed by atoms with Crippen molar-refractivity contribution in [2.75, 3.05) is 0 Å². The van der Waals surface area contributed by atoms with Crippen LogP contribution in [0.15, 0.2) is 164 Å². The molecule has 0 unspecified atom stereocenters. The smallest absolute Gasteiger partial charge is 0.235 e. The summed E-state index contributed by atoms with van der Waals surface area (Å²) >= 11 is 0. The van der Waals surface area contributed by atoms with Gasteiger partial charge in [-0.1, -0.05) is 133 Å². The topological polar surface area (TPSA) is 56.5 Å². The molecule has 0 saturated heterocycles. The van der Waals surface area contributed by atoms with Crippen LogP contribution in [-0.4, -0.2) is 24.5 Å². The van der Waals surface area contributed by atoms with Gasteiger partial charge in [0.15, 0.2) is 5.82 Å². The van der Waals surface area contributed by atoms with Gasteiger partial charge in [-0.05, 0) is 41.1 Å². The average Bonchev–Trinajstić information content (AvgIpc) is 3.49. The van der Waals surface area contributed by atoms with E-state index in [-0.39, 0.29) is 0 Å². The lowest BCUT2D eigenvalue weighted by atomic mass is 10.0. The van der Waals surface area contributed by atoms with Crippen molar-refractivity contribution in [3.63, 3.8) is 0 Å². The second-order valence-corrected chi connectivity index (χ2v) is 12.3. The monoisotopic (exact) mass is 625 g/mol. The van der Waals surface area contributed by atoms with Crippen molar-refractivity contribution in [3.8, 4) is 39.9 Å². The quantitative estimate of drug-likeness (QED) is 0.195. The Morgan fingerprint density at radius 3 is 1.59 bits per heavy atom. The number of nitrogens with zero attached hydrogens (tertiary/aromatic N) is 5. The van der Waals surface area contributed by atoms with E-state index in [2.05, 4.69) is 120 Å². The lowest BCUT2D eigenvalue weighted by Gasteiger charge is -2.12. The molecular weight excluding hydrogens is 599 g/mol. The van der Waals surface area contributed by atoms with Gasteiger partial charge in [0.1, 0.15) is 0 Å². The number of benzene rings is 7. The summed E-state index contributed by atoms with van der Waals surface area (Å²) in [6.45, 7) is 0. The van der Waals surface area contributed by atoms with E-state index in [1.807, 2.05) is 48.5 Å². The zero-order valence-corrected chi connectivity index (χ0v) is 26.3. The summed E-state index contributed by atoms with van der Waals surface area (Å²) in [7, 11) is 0. The molecule has 7 aromatic carbocycles. The van der Waals surface area contributed by atoms with Gasteiger partial charge in [0, 0.05) is 38.2 Å². The first-order valence-corrected chi connectivity index (χ1v) is 16.4. The van der Waals surface area contributed by atoms with E-state index in [1.54, 1.807) is 0 Å². The second kappa shape index (κ2) is 10.9. The molecule has 0 atom stereocenters. The third-order valence-electron chi connectivity index (χ3n) is 9.38. The minimum absolute atomic E-state index is 0.620. The standard InChI is InChI=1S/C44H27N5/c1-3-13-28(14-4-1)41-34-19-9-11-21-37(34)45-43(47-41)32-23-24-33-36-25-30-17-7-8-18-31(30)26-40(36)49(39(33)27-32)44-46-38-22-12-10-20-35(38)42(48-44)29-15-5-2-6-16-29/h1-27H. The first kappa shape index (κ1) is 27.4. The van der Waals surface area contributed by atoms with E-state index < -0.39 is 0 Å². The average molecular weight is 626 g/mol. The maximum absolute atomic E-state index is 5.31. The van der Waals surface area contributed by atoms with Crippen molar-refractivity contribution in [3.05, 3.63) is 164 Å². The van der Waals surface area contributed by atoms with E-state index in [4.69, 9.17) is 19.9 Å². The summed E-state index contributed by atoms with van der Waals surface area (Å²) in [5, 5.41) is 6.65. The van der Waals surface area contributed by atoms with Crippen LogP contribution in [-0.2, 0) is 0 Å². The molecule has 0 bridgehead atoms. The summed E-state index contributed by atoms with van der Waals surface area (Å²) in [6, 6.07) is 56.7. The van der Waals surface area contributed by atoms with Crippen LogP contribution in [0.3, 0.4) is 0 Å². The molecule has 10 rings (SSSR count). The molecule has 10 aromatic rings. The van der Waals surface area contributed by atoms with E-state index in [1.165, 1.54) is 5.39 Å². The number of rotatable bonds is 4. The van der Waals surface area contributed by atoms with Crippen LogP contribution < -0.4 is 0 Å². The van der Waals surface area contributed by atoms with Gasteiger partial charge in [-0.3, -0.25) is 4.57 Å². The fourth-order valence-corrected chi connectivity index (χ4v) is 7.06. The van der Waals surface area contributed by atoms with Crippen LogP contribution in [0.4, 0.5) is 0 Å². The second-order valence-electron chi connectivity index (χ2n) is 12.3. The van der Waals surface area contributed by atoms with Gasteiger partial charge < -0.3 is 0 Å². The predicted molar refractivity (Wildman–Crippen MR) is 201 cm³/mol. The van der Waals surface area contributed by atoms with Crippen LogP contribution in [0.1, 0.15) is 0 Å². The minimum atomic E-state index is 0.620. The Labute approximate surface area is 281 Å². The molecule has 0 radical (unpaired) electrons. The number of hydrogen-bond donors (Lipinski definition) is 0. The van der Waals surface area contributed by atoms with Gasteiger partial charge in [0.05, 0.1) is 33.5 Å². The molecule has 0 aliphatic heterocycles. The zero-order valence-electron chi connectivity index (χ0n) is 26.3. The maximum atomic E-state index is 5.31. The van der Waals surface area contributed by atoms with Gasteiger partial charge in [0.2, 0.25) is 5.95 Å². The fraction of sp³-hybridized carbons (Fsp3) is 0. The third-order valence-corrected chi connectivity index (χ3v) is 9.38. The highest BCUT2D eigenvalue weighted by Crippen LogP contribution is 2.38. The van der Waals surface area contributed by atoms with E-state index >= 15 is 0 Å². The number of aromatic nitrogens is 5. The molecule has 3 heterocycles. The van der Waals surface area contributed by atoms with Crippen molar-refractivity contribution in [2.45, 2.75) is 0 Å². The Kier molecular flexibility index (Phi) is 6.11. The van der Waals surface area contributed by atoms with Crippen LogP contribution in [0.2, 0.25) is 0 Å². The van der Waals surface area contributed by atoms with Crippen LogP contribution in [0, 0.1) is 0 Å². The minimum Gasteiger partial charge on any atom is -0.278 e. The molecule has 0 amide bonds. The first-order valence-electron chi connectivity index (χ1n) is 16.4. The third kappa shape index (κ3) is 4.48. The van der Waals surface area contributed by atoms with Gasteiger partial charge in [-0.2, -0.15) is 0 Å². The molecule has 0 spiro atoms. The Morgan fingerprint density at radius 1 is 0.347 bits per heavy atom. The number of hydrogen-bond acceptors (Lipinski definition) is 4. The van der Waals surface area contributed by atoms with Crippen molar-refractivity contribution in [2.24, 2.45) is 0 Å². The largest absolute Gasteiger partial charge is 0.278 e. The van der Waals surface area contributed by atoms with Gasteiger partial charge in [-0.25, -0.2) is 19.9 Å². The molecule has 0 N–H and O–H groups in total. The molecule has 228 valence electrons. The molecule has 5 heteroatoms. The lowest BCUT2D eigenvalue weighted by molar-refractivity contribution is 1.01. The summed E-state index contributed by atoms with van der Waals surface area (Å²) in [5.41, 5.74) is 8.69. The lowest BCUT2D eigenvalue weighted by Crippen LogP contribution is -2.03. The molecule has 49 heavy (non-hydrogen) atoms. The Hall–Kier alpha value is -6.72. The summed E-state index contributed by atoms with van der Waals surface area (Å²) in [6.07, 6.45) is 0. The predicted octanol–water partition coefficient (Wildman–Crippen LogP) is 10.8. The summed E-state index contributed by atoms with van der Waals surface area (Å²) in [4.78, 5) is 20.8. The molecule has 0 fully saturated rings. The van der Waals surface area contributed by atoms with Crippen LogP contribution in [0.25, 0.3) is 94.2 Å². The molecule has 5 nitrogen and oxygen atoms in total. The first-order chi connectivity index (χ1) is 24.3. The van der Waals surface area contributed by atoms with Crippen LogP contribution >= 0.6 is 0 Å². The highest BCUT2D eigenvalue weighted by atomic mass is 15.2. The van der Waals surface area contributed by atoms with Crippen LogP contribution in [0.5, 0.6) is 0 Å². The molecule has 0 aliphatic carbocycles. The SMILES string of the molecule is c1ccc(-c2nc(-c3ccc4c5cc6ccccc6cc5n(-c5nc(-c6ccccc6)c6ccccc6n5)c4c3)nc3ccccc23)cc1. The van der Waals surface area contributed by atoms with Crippen molar-refractivity contribution in [1.29, 1.82) is 0 Å². The zero-order chi connectivity index (χ0) is 32.3. The Bertz CT molecular complexity index is 2880. The van der Waals surface area contributed by atoms with Crippen molar-refractivity contribution < 1.29 is 0 Å². The van der Waals surface area contributed by atoms with Crippen molar-refractivity contribution in [1.82, 2.24) is 24.5 Å². The number of fused-ring (bicyclic) bond motifs is 6. The van der Waals surface area contributed by atoms with Crippen molar-refractivity contribution >= 4 is 54.4 Å². The van der Waals surface area contributed by atoms with E-state index in [0.29, 0.717) is 11.8 Å². The Morgan fingerprint density at radius 2 is 0.898 bits per heavy atom. The molecule has 0 aliphatic rings. The molecule has 3 aromatic heterocycles. The normalized spacial score (nSPS) is 11.7. The highest BCUT2D eigenvalue weighted by Gasteiger charge is 2.20. The summed E-state index contributed by atoms with van der Waals surface area (Å²) < 4.78 is 2.21. The summed E-state index contributed by atoms with van der Waals surface area (Å²) in [5.74, 6) is 1.29. The van der Waals surface area contributed by atoms with Gasteiger partial charge >= 0.3 is 0 Å². The fourth-order valence-electron chi connectivity index (χ4n) is 7.06.